The summed E-state index contributed by atoms with van der Waals surface area (Å²) >= 11 is 12.2. The van der Waals surface area contributed by atoms with Crippen molar-refractivity contribution in [3.63, 3.8) is 0 Å². The van der Waals surface area contributed by atoms with Crippen molar-refractivity contribution in [3.05, 3.63) is 88.4 Å². The highest BCUT2D eigenvalue weighted by Gasteiger charge is 2.32. The molecule has 1 N–H and O–H groups in total. The molecule has 1 atom stereocenters. The van der Waals surface area contributed by atoms with Crippen LogP contribution in [-0.2, 0) is 26.2 Å². The van der Waals surface area contributed by atoms with Crippen LogP contribution in [0.3, 0.4) is 0 Å². The summed E-state index contributed by atoms with van der Waals surface area (Å²) in [6.07, 6.45) is 0. The maximum Gasteiger partial charge on any atom is 0.264 e. The molecular weight excluding hydrogens is 549 g/mol. The third kappa shape index (κ3) is 6.98. The normalized spacial score (nSPS) is 11.9. The van der Waals surface area contributed by atoms with E-state index in [2.05, 4.69) is 5.32 Å². The second-order valence-electron chi connectivity index (χ2n) is 8.37. The Morgan fingerprint density at radius 2 is 1.68 bits per heavy atom. The van der Waals surface area contributed by atoms with Crippen molar-refractivity contribution >= 4 is 50.7 Å². The Morgan fingerprint density at radius 3 is 2.32 bits per heavy atom. The minimum Gasteiger partial charge on any atom is -0.497 e. The van der Waals surface area contributed by atoms with Gasteiger partial charge in [-0.15, -0.1) is 0 Å². The lowest BCUT2D eigenvalue weighted by Gasteiger charge is -2.32. The zero-order valence-electron chi connectivity index (χ0n) is 21.2. The number of likely N-dealkylation sites (N-methyl/N-ethyl adjacent to an activating group) is 1. The third-order valence-electron chi connectivity index (χ3n) is 5.81. The molecule has 3 rings (SSSR count). The molecule has 0 bridgehead atoms. The zero-order valence-corrected chi connectivity index (χ0v) is 23.6. The van der Waals surface area contributed by atoms with Gasteiger partial charge in [0.25, 0.3) is 10.0 Å². The predicted molar refractivity (Wildman–Crippen MR) is 149 cm³/mol. The topological polar surface area (TPSA) is 96.0 Å². The number of methoxy groups -OCH3 is 1. The molecule has 0 spiro atoms. The van der Waals surface area contributed by atoms with Gasteiger partial charge in [0.05, 0.1) is 27.7 Å². The van der Waals surface area contributed by atoms with Crippen LogP contribution in [0.15, 0.2) is 77.7 Å². The number of ether oxygens (including phenoxy) is 1. The molecule has 0 fully saturated rings. The number of amides is 2. The number of rotatable bonds is 11. The highest BCUT2D eigenvalue weighted by atomic mass is 35.5. The molecule has 0 aliphatic carbocycles. The van der Waals surface area contributed by atoms with E-state index in [9.17, 15) is 18.0 Å². The van der Waals surface area contributed by atoms with Crippen molar-refractivity contribution in [2.75, 3.05) is 24.5 Å². The van der Waals surface area contributed by atoms with Crippen LogP contribution in [0, 0.1) is 0 Å². The van der Waals surface area contributed by atoms with Crippen molar-refractivity contribution in [1.82, 2.24) is 10.2 Å². The lowest BCUT2D eigenvalue weighted by Crippen LogP contribution is -2.51. The van der Waals surface area contributed by atoms with Gasteiger partial charge in [-0.3, -0.25) is 13.9 Å². The van der Waals surface area contributed by atoms with E-state index < -0.39 is 28.5 Å². The van der Waals surface area contributed by atoms with Crippen LogP contribution in [0.5, 0.6) is 5.75 Å². The van der Waals surface area contributed by atoms with E-state index in [1.165, 1.54) is 30.2 Å². The first-order valence-electron chi connectivity index (χ1n) is 11.8. The predicted octanol–water partition coefficient (Wildman–Crippen LogP) is 4.75. The Kier molecular flexibility index (Phi) is 10.0. The molecule has 202 valence electrons. The molecule has 38 heavy (non-hydrogen) atoms. The fourth-order valence-corrected chi connectivity index (χ4v) is 5.50. The highest BCUT2D eigenvalue weighted by Crippen LogP contribution is 2.28. The molecule has 0 radical (unpaired) electrons. The molecule has 0 heterocycles. The average molecular weight is 579 g/mol. The first-order chi connectivity index (χ1) is 18.1. The van der Waals surface area contributed by atoms with Crippen molar-refractivity contribution in [1.29, 1.82) is 0 Å². The summed E-state index contributed by atoms with van der Waals surface area (Å²) < 4.78 is 33.8. The molecule has 3 aromatic carbocycles. The van der Waals surface area contributed by atoms with Crippen LogP contribution in [0.2, 0.25) is 10.0 Å². The number of sulfonamides is 1. The lowest BCUT2D eigenvalue weighted by atomic mass is 10.1. The molecule has 2 amide bonds. The van der Waals surface area contributed by atoms with Gasteiger partial charge in [-0.2, -0.15) is 0 Å². The van der Waals surface area contributed by atoms with Crippen LogP contribution < -0.4 is 14.4 Å². The number of hydrogen-bond donors (Lipinski definition) is 1. The molecule has 0 saturated carbocycles. The van der Waals surface area contributed by atoms with Crippen molar-refractivity contribution in [2.45, 2.75) is 31.3 Å². The Labute approximate surface area is 233 Å². The minimum atomic E-state index is -4.16. The van der Waals surface area contributed by atoms with Gasteiger partial charge in [0.1, 0.15) is 18.3 Å². The molecule has 8 nitrogen and oxygen atoms in total. The van der Waals surface area contributed by atoms with Gasteiger partial charge in [0.2, 0.25) is 11.8 Å². The van der Waals surface area contributed by atoms with E-state index in [0.717, 1.165) is 4.31 Å². The number of nitrogens with zero attached hydrogens (tertiary/aromatic N) is 2. The number of benzene rings is 3. The summed E-state index contributed by atoms with van der Waals surface area (Å²) in [5, 5.41) is 3.36. The molecule has 0 saturated heterocycles. The van der Waals surface area contributed by atoms with Crippen LogP contribution >= 0.6 is 23.2 Å². The molecule has 11 heteroatoms. The molecule has 3 aromatic rings. The van der Waals surface area contributed by atoms with E-state index in [0.29, 0.717) is 27.9 Å². The van der Waals surface area contributed by atoms with Crippen LogP contribution in [0.1, 0.15) is 19.4 Å². The average Bonchev–Trinajstić information content (AvgIpc) is 2.92. The standard InChI is InChI=1S/C27H29Cl2N3O5S/c1-4-30-27(34)19(2)31(17-20-13-14-24(28)25(29)15-20)26(33)18-32(21-9-8-10-22(16-21)37-3)38(35,36)23-11-6-5-7-12-23/h5-16,19H,4,17-18H2,1-3H3,(H,30,34)/t19-/m0/s1. The minimum absolute atomic E-state index is 0.00532. The van der Waals surface area contributed by atoms with Crippen LogP contribution in [-0.4, -0.2) is 51.4 Å². The van der Waals surface area contributed by atoms with Crippen molar-refractivity contribution < 1.29 is 22.7 Å². The fourth-order valence-electron chi connectivity index (χ4n) is 3.75. The highest BCUT2D eigenvalue weighted by molar-refractivity contribution is 7.92. The van der Waals surface area contributed by atoms with Gasteiger partial charge in [0.15, 0.2) is 0 Å². The van der Waals surface area contributed by atoms with Crippen LogP contribution in [0.4, 0.5) is 5.69 Å². The van der Waals surface area contributed by atoms with E-state index in [1.54, 1.807) is 68.4 Å². The monoisotopic (exact) mass is 577 g/mol. The lowest BCUT2D eigenvalue weighted by molar-refractivity contribution is -0.139. The number of carbonyl (C=O) groups is 2. The largest absolute Gasteiger partial charge is 0.497 e. The maximum atomic E-state index is 13.8. The maximum absolute atomic E-state index is 13.8. The zero-order chi connectivity index (χ0) is 27.9. The number of carbonyl (C=O) groups excluding carboxylic acids is 2. The Hall–Kier alpha value is -3.27. The van der Waals surface area contributed by atoms with Gasteiger partial charge < -0.3 is 15.0 Å². The van der Waals surface area contributed by atoms with Gasteiger partial charge >= 0.3 is 0 Å². The summed E-state index contributed by atoms with van der Waals surface area (Å²) in [6, 6.07) is 18.2. The summed E-state index contributed by atoms with van der Waals surface area (Å²) in [7, 11) is -2.69. The molecular formula is C27H29Cl2N3O5S. The number of hydrogen-bond acceptors (Lipinski definition) is 5. The Bertz CT molecular complexity index is 1390. The first kappa shape index (κ1) is 29.3. The first-order valence-corrected chi connectivity index (χ1v) is 14.0. The summed E-state index contributed by atoms with van der Waals surface area (Å²) in [5.41, 5.74) is 0.865. The number of anilines is 1. The number of halogens is 2. The van der Waals surface area contributed by atoms with E-state index in [1.807, 2.05) is 0 Å². The Morgan fingerprint density at radius 1 is 0.974 bits per heavy atom. The fraction of sp³-hybridized carbons (Fsp3) is 0.259. The van der Waals surface area contributed by atoms with Crippen LogP contribution in [0.25, 0.3) is 0 Å². The SMILES string of the molecule is CCNC(=O)[C@H](C)N(Cc1ccc(Cl)c(Cl)c1)C(=O)CN(c1cccc(OC)c1)S(=O)(=O)c1ccccc1. The molecule has 0 aliphatic heterocycles. The van der Waals surface area contributed by atoms with Gasteiger partial charge in [-0.05, 0) is 55.8 Å². The molecule has 0 aromatic heterocycles. The summed E-state index contributed by atoms with van der Waals surface area (Å²) in [5.74, 6) is -0.538. The number of nitrogens with one attached hydrogen (secondary N) is 1. The van der Waals surface area contributed by atoms with Gasteiger partial charge in [-0.1, -0.05) is 53.5 Å². The molecule has 0 unspecified atom stereocenters. The Balaban J connectivity index is 2.04. The quantitative estimate of drug-likeness (QED) is 0.354. The summed E-state index contributed by atoms with van der Waals surface area (Å²) in [6.45, 7) is 3.17. The van der Waals surface area contributed by atoms with Gasteiger partial charge in [-0.25, -0.2) is 8.42 Å². The molecule has 0 aliphatic rings. The second-order valence-corrected chi connectivity index (χ2v) is 11.0. The van der Waals surface area contributed by atoms with Gasteiger partial charge in [0, 0.05) is 19.2 Å². The van der Waals surface area contributed by atoms with Crippen molar-refractivity contribution in [2.24, 2.45) is 0 Å². The summed E-state index contributed by atoms with van der Waals surface area (Å²) in [4.78, 5) is 27.9. The van der Waals surface area contributed by atoms with E-state index in [4.69, 9.17) is 27.9 Å². The van der Waals surface area contributed by atoms with Crippen molar-refractivity contribution in [3.8, 4) is 5.75 Å². The van der Waals surface area contributed by atoms with E-state index >= 15 is 0 Å². The smallest absolute Gasteiger partial charge is 0.264 e. The van der Waals surface area contributed by atoms with E-state index in [-0.39, 0.29) is 23.0 Å². The third-order valence-corrected chi connectivity index (χ3v) is 8.33. The second kappa shape index (κ2) is 13.0.